The van der Waals surface area contributed by atoms with Crippen LogP contribution in [-0.2, 0) is 0 Å². The van der Waals surface area contributed by atoms with Gasteiger partial charge in [-0.1, -0.05) is 22.0 Å². The molecule has 3 rings (SSSR count). The number of para-hydroxylation sites is 1. The maximum Gasteiger partial charge on any atom is 0.205 e. The summed E-state index contributed by atoms with van der Waals surface area (Å²) in [5.74, 6) is 0.390. The van der Waals surface area contributed by atoms with Gasteiger partial charge in [0.05, 0.1) is 16.8 Å². The predicted octanol–water partition coefficient (Wildman–Crippen LogP) is 3.86. The number of anilines is 1. The number of nitrogens with two attached hydrogens (primary N) is 1. The van der Waals surface area contributed by atoms with Gasteiger partial charge in [-0.15, -0.1) is 0 Å². The van der Waals surface area contributed by atoms with E-state index in [0.29, 0.717) is 17.0 Å². The molecule has 104 valence electrons. The fourth-order valence-electron chi connectivity index (χ4n) is 2.70. The van der Waals surface area contributed by atoms with Crippen molar-refractivity contribution in [3.63, 3.8) is 0 Å². The molecule has 0 saturated carbocycles. The Morgan fingerprint density at radius 1 is 1.24 bits per heavy atom. The molecular formula is C16H13BrN4. The quantitative estimate of drug-likeness (QED) is 0.731. The molecule has 1 aromatic heterocycles. The number of hydrogen-bond acceptors (Lipinski definition) is 3. The SMILES string of the molecule is Cc1cc(Br)cc(C)c1-n1c(N)nc2c(C#N)cccc21. The van der Waals surface area contributed by atoms with Gasteiger partial charge in [0.25, 0.3) is 0 Å². The summed E-state index contributed by atoms with van der Waals surface area (Å²) in [5, 5.41) is 9.21. The van der Waals surface area contributed by atoms with E-state index in [0.717, 1.165) is 26.8 Å². The smallest absolute Gasteiger partial charge is 0.205 e. The molecule has 0 spiro atoms. The van der Waals surface area contributed by atoms with Crippen molar-refractivity contribution in [3.05, 3.63) is 51.5 Å². The Hall–Kier alpha value is -2.32. The van der Waals surface area contributed by atoms with Crippen molar-refractivity contribution in [1.29, 1.82) is 5.26 Å². The predicted molar refractivity (Wildman–Crippen MR) is 87.4 cm³/mol. The van der Waals surface area contributed by atoms with Crippen LogP contribution in [0.15, 0.2) is 34.8 Å². The molecule has 21 heavy (non-hydrogen) atoms. The number of fused-ring (bicyclic) bond motifs is 1. The Morgan fingerprint density at radius 2 is 1.90 bits per heavy atom. The van der Waals surface area contributed by atoms with Crippen molar-refractivity contribution >= 4 is 32.9 Å². The molecule has 0 bridgehead atoms. The van der Waals surface area contributed by atoms with Gasteiger partial charge < -0.3 is 5.73 Å². The van der Waals surface area contributed by atoms with Crippen LogP contribution in [0.3, 0.4) is 0 Å². The van der Waals surface area contributed by atoms with Crippen LogP contribution in [0.25, 0.3) is 16.7 Å². The highest BCUT2D eigenvalue weighted by Gasteiger charge is 2.16. The Bertz CT molecular complexity index is 880. The van der Waals surface area contributed by atoms with Crippen molar-refractivity contribution < 1.29 is 0 Å². The van der Waals surface area contributed by atoms with Crippen molar-refractivity contribution in [1.82, 2.24) is 9.55 Å². The molecule has 2 aromatic carbocycles. The Balaban J connectivity index is 2.42. The molecule has 0 fully saturated rings. The maximum atomic E-state index is 9.21. The molecule has 1 heterocycles. The van der Waals surface area contributed by atoms with Gasteiger partial charge in [0, 0.05) is 4.47 Å². The number of hydrogen-bond donors (Lipinski definition) is 1. The third-order valence-corrected chi connectivity index (χ3v) is 3.97. The Labute approximate surface area is 131 Å². The Kier molecular flexibility index (Phi) is 3.19. The van der Waals surface area contributed by atoms with E-state index < -0.39 is 0 Å². The summed E-state index contributed by atoms with van der Waals surface area (Å²) in [6.45, 7) is 4.07. The number of imidazole rings is 1. The number of nitriles is 1. The fourth-order valence-corrected chi connectivity index (χ4v) is 3.38. The summed E-state index contributed by atoms with van der Waals surface area (Å²) in [6, 6.07) is 11.8. The number of halogens is 1. The topological polar surface area (TPSA) is 67.6 Å². The van der Waals surface area contributed by atoms with Crippen molar-refractivity contribution in [2.45, 2.75) is 13.8 Å². The van der Waals surface area contributed by atoms with Gasteiger partial charge >= 0.3 is 0 Å². The molecule has 2 N–H and O–H groups in total. The zero-order valence-corrected chi connectivity index (χ0v) is 13.3. The molecule has 5 heteroatoms. The largest absolute Gasteiger partial charge is 0.369 e. The summed E-state index contributed by atoms with van der Waals surface area (Å²) in [7, 11) is 0. The normalized spacial score (nSPS) is 10.8. The molecule has 0 aliphatic rings. The van der Waals surface area contributed by atoms with E-state index in [1.165, 1.54) is 0 Å². The highest BCUT2D eigenvalue weighted by Crippen LogP contribution is 2.30. The zero-order valence-electron chi connectivity index (χ0n) is 11.7. The number of benzene rings is 2. The van der Waals surface area contributed by atoms with E-state index in [-0.39, 0.29) is 0 Å². The standard InChI is InChI=1S/C16H13BrN4/c1-9-6-12(17)7-10(2)15(9)21-13-5-3-4-11(8-18)14(13)20-16(21)19/h3-7H,1-2H3,(H2,19,20). The van der Waals surface area contributed by atoms with Crippen LogP contribution in [0.2, 0.25) is 0 Å². The first-order chi connectivity index (χ1) is 10.0. The first-order valence-electron chi connectivity index (χ1n) is 6.47. The number of nitrogens with zero attached hydrogens (tertiary/aromatic N) is 3. The van der Waals surface area contributed by atoms with E-state index in [2.05, 4.69) is 27.0 Å². The minimum Gasteiger partial charge on any atom is -0.369 e. The van der Waals surface area contributed by atoms with Crippen LogP contribution in [0, 0.1) is 25.2 Å². The van der Waals surface area contributed by atoms with Gasteiger partial charge in [-0.05, 0) is 49.2 Å². The van der Waals surface area contributed by atoms with Crippen LogP contribution in [0.4, 0.5) is 5.95 Å². The summed E-state index contributed by atoms with van der Waals surface area (Å²) in [5.41, 5.74) is 11.3. The van der Waals surface area contributed by atoms with Crippen molar-refractivity contribution in [3.8, 4) is 11.8 Å². The second kappa shape index (κ2) is 4.90. The summed E-state index contributed by atoms with van der Waals surface area (Å²) in [6.07, 6.45) is 0. The molecular weight excluding hydrogens is 328 g/mol. The molecule has 4 nitrogen and oxygen atoms in total. The van der Waals surface area contributed by atoms with Crippen molar-refractivity contribution in [2.24, 2.45) is 0 Å². The maximum absolute atomic E-state index is 9.21. The lowest BCUT2D eigenvalue weighted by Crippen LogP contribution is -2.04. The molecule has 0 amide bonds. The molecule has 3 aromatic rings. The minimum absolute atomic E-state index is 0.390. The van der Waals surface area contributed by atoms with Gasteiger partial charge in [0.15, 0.2) is 0 Å². The summed E-state index contributed by atoms with van der Waals surface area (Å²) >= 11 is 3.50. The third-order valence-electron chi connectivity index (χ3n) is 3.51. The van der Waals surface area contributed by atoms with E-state index >= 15 is 0 Å². The first kappa shape index (κ1) is 13.7. The van der Waals surface area contributed by atoms with Gasteiger partial charge in [0.1, 0.15) is 11.6 Å². The average molecular weight is 341 g/mol. The molecule has 0 radical (unpaired) electrons. The third kappa shape index (κ3) is 2.08. The van der Waals surface area contributed by atoms with Crippen LogP contribution in [0.1, 0.15) is 16.7 Å². The van der Waals surface area contributed by atoms with Gasteiger partial charge in [0.2, 0.25) is 5.95 Å². The summed E-state index contributed by atoms with van der Waals surface area (Å²) in [4.78, 5) is 4.37. The van der Waals surface area contributed by atoms with Gasteiger partial charge in [-0.3, -0.25) is 4.57 Å². The second-order valence-corrected chi connectivity index (χ2v) is 5.89. The summed E-state index contributed by atoms with van der Waals surface area (Å²) < 4.78 is 2.94. The molecule has 0 atom stereocenters. The number of aromatic nitrogens is 2. The van der Waals surface area contributed by atoms with E-state index in [1.54, 1.807) is 6.07 Å². The van der Waals surface area contributed by atoms with Crippen LogP contribution >= 0.6 is 15.9 Å². The van der Waals surface area contributed by atoms with Crippen LogP contribution in [0.5, 0.6) is 0 Å². The number of aryl methyl sites for hydroxylation is 2. The van der Waals surface area contributed by atoms with Crippen LogP contribution in [-0.4, -0.2) is 9.55 Å². The molecule has 0 aliphatic carbocycles. The molecule has 0 aliphatic heterocycles. The lowest BCUT2D eigenvalue weighted by molar-refractivity contribution is 1.07. The fraction of sp³-hybridized carbons (Fsp3) is 0.125. The van der Waals surface area contributed by atoms with Gasteiger partial charge in [-0.2, -0.15) is 5.26 Å². The monoisotopic (exact) mass is 340 g/mol. The first-order valence-corrected chi connectivity index (χ1v) is 7.26. The van der Waals surface area contributed by atoms with Crippen molar-refractivity contribution in [2.75, 3.05) is 5.73 Å². The Morgan fingerprint density at radius 3 is 2.52 bits per heavy atom. The average Bonchev–Trinajstić information content (AvgIpc) is 2.74. The molecule has 0 saturated heterocycles. The van der Waals surface area contributed by atoms with Crippen LogP contribution < -0.4 is 5.73 Å². The number of nitrogen functional groups attached to an aromatic ring is 1. The van der Waals surface area contributed by atoms with Gasteiger partial charge in [-0.25, -0.2) is 4.98 Å². The lowest BCUT2D eigenvalue weighted by atomic mass is 10.1. The van der Waals surface area contributed by atoms with E-state index in [9.17, 15) is 5.26 Å². The second-order valence-electron chi connectivity index (χ2n) is 4.98. The molecule has 0 unspecified atom stereocenters. The number of rotatable bonds is 1. The highest BCUT2D eigenvalue weighted by molar-refractivity contribution is 9.10. The zero-order chi connectivity index (χ0) is 15.1. The van der Waals surface area contributed by atoms with E-state index in [4.69, 9.17) is 5.73 Å². The van der Waals surface area contributed by atoms with E-state index in [1.807, 2.05) is 42.7 Å². The lowest BCUT2D eigenvalue weighted by Gasteiger charge is -2.14. The minimum atomic E-state index is 0.390. The highest BCUT2D eigenvalue weighted by atomic mass is 79.9.